The van der Waals surface area contributed by atoms with Crippen LogP contribution >= 0.6 is 0 Å². The van der Waals surface area contributed by atoms with E-state index >= 15 is 0 Å². The van der Waals surface area contributed by atoms with Crippen molar-refractivity contribution in [1.29, 1.82) is 10.5 Å². The molecule has 0 aromatic heterocycles. The van der Waals surface area contributed by atoms with Crippen molar-refractivity contribution in [2.24, 2.45) is 0 Å². The smallest absolute Gasteiger partial charge is 0.262 e. The lowest BCUT2D eigenvalue weighted by Gasteiger charge is -2.22. The molecule has 5 nitrogen and oxygen atoms in total. The Balaban J connectivity index is 1.61. The Hall–Kier alpha value is -3.57. The normalized spacial score (nSPS) is 14.5. The summed E-state index contributed by atoms with van der Waals surface area (Å²) in [7, 11) is 0. The summed E-state index contributed by atoms with van der Waals surface area (Å²) >= 11 is 0. The van der Waals surface area contributed by atoms with Crippen molar-refractivity contribution < 1.29 is 9.53 Å². The Morgan fingerprint density at radius 2 is 1.79 bits per heavy atom. The molecule has 3 rings (SSSR count). The fourth-order valence-electron chi connectivity index (χ4n) is 3.40. The summed E-state index contributed by atoms with van der Waals surface area (Å²) in [6.45, 7) is 0.298. The van der Waals surface area contributed by atoms with Crippen LogP contribution in [0.4, 0.5) is 0 Å². The molecule has 0 bridgehead atoms. The van der Waals surface area contributed by atoms with Gasteiger partial charge in [0, 0.05) is 11.6 Å². The molecule has 5 heteroatoms. The van der Waals surface area contributed by atoms with E-state index < -0.39 is 0 Å². The Labute approximate surface area is 171 Å². The first kappa shape index (κ1) is 20.2. The number of nitrogens with one attached hydrogen (secondary N) is 1. The van der Waals surface area contributed by atoms with Gasteiger partial charge in [-0.1, -0.05) is 49.6 Å². The maximum absolute atomic E-state index is 12.4. The van der Waals surface area contributed by atoms with Gasteiger partial charge in [-0.2, -0.15) is 10.5 Å². The molecule has 0 spiro atoms. The van der Waals surface area contributed by atoms with Gasteiger partial charge in [-0.15, -0.1) is 0 Å². The monoisotopic (exact) mass is 385 g/mol. The summed E-state index contributed by atoms with van der Waals surface area (Å²) < 4.78 is 5.75. The van der Waals surface area contributed by atoms with Crippen LogP contribution in [0.5, 0.6) is 5.75 Å². The predicted molar refractivity (Wildman–Crippen MR) is 111 cm³/mol. The predicted octanol–water partition coefficient (Wildman–Crippen LogP) is 4.49. The lowest BCUT2D eigenvalue weighted by Crippen LogP contribution is -2.36. The Bertz CT molecular complexity index is 959. The van der Waals surface area contributed by atoms with Crippen LogP contribution in [0.3, 0.4) is 0 Å². The molecule has 0 aliphatic heterocycles. The van der Waals surface area contributed by atoms with E-state index in [1.165, 1.54) is 6.42 Å². The Kier molecular flexibility index (Phi) is 7.03. The number of amides is 1. The first-order chi connectivity index (χ1) is 14.2. The van der Waals surface area contributed by atoms with E-state index in [0.29, 0.717) is 17.9 Å². The van der Waals surface area contributed by atoms with E-state index in [1.54, 1.807) is 36.4 Å². The molecule has 0 radical (unpaired) electrons. The number of ether oxygens (including phenoxy) is 1. The highest BCUT2D eigenvalue weighted by Crippen LogP contribution is 2.19. The van der Waals surface area contributed by atoms with Crippen molar-refractivity contribution in [2.45, 2.75) is 44.8 Å². The number of hydrogen-bond donors (Lipinski definition) is 1. The molecule has 0 heterocycles. The molecule has 0 unspecified atom stereocenters. The highest BCUT2D eigenvalue weighted by Gasteiger charge is 2.18. The molecule has 0 atom stereocenters. The molecule has 2 aromatic rings. The second-order valence-electron chi connectivity index (χ2n) is 7.10. The van der Waals surface area contributed by atoms with Crippen molar-refractivity contribution in [1.82, 2.24) is 5.32 Å². The quantitative estimate of drug-likeness (QED) is 0.586. The van der Waals surface area contributed by atoms with E-state index in [-0.39, 0.29) is 17.5 Å². The van der Waals surface area contributed by atoms with Crippen LogP contribution in [-0.2, 0) is 11.4 Å². The topological polar surface area (TPSA) is 85.9 Å². The van der Waals surface area contributed by atoms with E-state index in [9.17, 15) is 10.1 Å². The van der Waals surface area contributed by atoms with Crippen LogP contribution in [0.2, 0.25) is 0 Å². The third-order valence-electron chi connectivity index (χ3n) is 5.03. The van der Waals surface area contributed by atoms with Crippen LogP contribution < -0.4 is 10.1 Å². The SMILES string of the molecule is N#CC(=Cc1ccc(OCc2ccccc2C#N)cc1)C(=O)NC1CCCCC1. The lowest BCUT2D eigenvalue weighted by atomic mass is 9.95. The molecule has 1 fully saturated rings. The Morgan fingerprint density at radius 1 is 1.07 bits per heavy atom. The molecule has 29 heavy (non-hydrogen) atoms. The van der Waals surface area contributed by atoms with Crippen LogP contribution in [0.15, 0.2) is 54.1 Å². The second kappa shape index (κ2) is 10.1. The fraction of sp³-hybridized carbons (Fsp3) is 0.292. The van der Waals surface area contributed by atoms with Crippen LogP contribution in [0, 0.1) is 22.7 Å². The van der Waals surface area contributed by atoms with Crippen molar-refractivity contribution in [3.63, 3.8) is 0 Å². The van der Waals surface area contributed by atoms with Gasteiger partial charge in [-0.25, -0.2) is 0 Å². The number of nitriles is 2. The zero-order chi connectivity index (χ0) is 20.5. The summed E-state index contributed by atoms with van der Waals surface area (Å²) in [4.78, 5) is 12.4. The molecule has 146 valence electrons. The third-order valence-corrected chi connectivity index (χ3v) is 5.03. The number of benzene rings is 2. The number of carbonyl (C=O) groups excluding carboxylic acids is 1. The second-order valence-corrected chi connectivity index (χ2v) is 7.10. The largest absolute Gasteiger partial charge is 0.489 e. The highest BCUT2D eigenvalue weighted by molar-refractivity contribution is 6.01. The minimum atomic E-state index is -0.312. The lowest BCUT2D eigenvalue weighted by molar-refractivity contribution is -0.117. The van der Waals surface area contributed by atoms with Gasteiger partial charge in [0.1, 0.15) is 24.0 Å². The van der Waals surface area contributed by atoms with Gasteiger partial charge in [0.15, 0.2) is 0 Å². The van der Waals surface area contributed by atoms with Crippen LogP contribution in [0.1, 0.15) is 48.8 Å². The average Bonchev–Trinajstić information content (AvgIpc) is 2.77. The molecule has 1 aliphatic carbocycles. The maximum Gasteiger partial charge on any atom is 0.262 e. The van der Waals surface area contributed by atoms with Gasteiger partial charge >= 0.3 is 0 Å². The van der Waals surface area contributed by atoms with Crippen molar-refractivity contribution in [2.75, 3.05) is 0 Å². The van der Waals surface area contributed by atoms with Crippen molar-refractivity contribution >= 4 is 12.0 Å². The van der Waals surface area contributed by atoms with Gasteiger partial charge in [-0.05, 0) is 42.7 Å². The zero-order valence-electron chi connectivity index (χ0n) is 16.2. The average molecular weight is 385 g/mol. The van der Waals surface area contributed by atoms with Crippen molar-refractivity contribution in [3.05, 3.63) is 70.8 Å². The summed E-state index contributed by atoms with van der Waals surface area (Å²) in [5, 5.41) is 21.5. The molecule has 0 saturated heterocycles. The summed E-state index contributed by atoms with van der Waals surface area (Å²) in [6, 6.07) is 18.8. The molecular formula is C24H23N3O2. The standard InChI is InChI=1S/C24H23N3O2/c25-15-19-6-4-5-7-20(19)17-29-23-12-10-18(11-13-23)14-21(16-26)24(28)27-22-8-2-1-3-9-22/h4-7,10-14,22H,1-3,8-9,17H2,(H,27,28). The maximum atomic E-state index is 12.4. The summed E-state index contributed by atoms with van der Waals surface area (Å²) in [6.07, 6.45) is 7.00. The molecular weight excluding hydrogens is 362 g/mol. The van der Waals surface area contributed by atoms with E-state index in [0.717, 1.165) is 36.8 Å². The van der Waals surface area contributed by atoms with Gasteiger partial charge in [-0.3, -0.25) is 4.79 Å². The fourth-order valence-corrected chi connectivity index (χ4v) is 3.40. The van der Waals surface area contributed by atoms with E-state index in [4.69, 9.17) is 10.00 Å². The minimum Gasteiger partial charge on any atom is -0.489 e. The van der Waals surface area contributed by atoms with E-state index in [2.05, 4.69) is 11.4 Å². The van der Waals surface area contributed by atoms with Gasteiger partial charge in [0.2, 0.25) is 0 Å². The number of rotatable bonds is 6. The summed E-state index contributed by atoms with van der Waals surface area (Å²) in [5.41, 5.74) is 2.28. The highest BCUT2D eigenvalue weighted by atomic mass is 16.5. The molecule has 2 aromatic carbocycles. The van der Waals surface area contributed by atoms with Gasteiger partial charge in [0.25, 0.3) is 5.91 Å². The summed E-state index contributed by atoms with van der Waals surface area (Å²) in [5.74, 6) is 0.341. The van der Waals surface area contributed by atoms with Crippen LogP contribution in [0.25, 0.3) is 6.08 Å². The molecule has 1 N–H and O–H groups in total. The van der Waals surface area contributed by atoms with Crippen LogP contribution in [-0.4, -0.2) is 11.9 Å². The van der Waals surface area contributed by atoms with Gasteiger partial charge < -0.3 is 10.1 Å². The molecule has 1 amide bonds. The molecule has 1 saturated carbocycles. The van der Waals surface area contributed by atoms with Gasteiger partial charge in [0.05, 0.1) is 11.6 Å². The van der Waals surface area contributed by atoms with Crippen molar-refractivity contribution in [3.8, 4) is 17.9 Å². The van der Waals surface area contributed by atoms with E-state index in [1.807, 2.05) is 24.3 Å². The third kappa shape index (κ3) is 5.70. The Morgan fingerprint density at radius 3 is 2.48 bits per heavy atom. The first-order valence-corrected chi connectivity index (χ1v) is 9.83. The number of hydrogen-bond acceptors (Lipinski definition) is 4. The number of nitrogens with zero attached hydrogens (tertiary/aromatic N) is 2. The first-order valence-electron chi connectivity index (χ1n) is 9.83. The zero-order valence-corrected chi connectivity index (χ0v) is 16.2. The minimum absolute atomic E-state index is 0.104. The molecule has 1 aliphatic rings. The number of carbonyl (C=O) groups is 1.